The maximum atomic E-state index is 16.5. The van der Waals surface area contributed by atoms with E-state index in [4.69, 9.17) is 9.47 Å². The van der Waals surface area contributed by atoms with E-state index in [1.807, 2.05) is 12.1 Å². The van der Waals surface area contributed by atoms with Crippen molar-refractivity contribution in [2.75, 3.05) is 58.8 Å². The van der Waals surface area contributed by atoms with Gasteiger partial charge in [-0.2, -0.15) is 0 Å². The van der Waals surface area contributed by atoms with Gasteiger partial charge < -0.3 is 19.5 Å². The summed E-state index contributed by atoms with van der Waals surface area (Å²) in [6.07, 6.45) is 2.07. The van der Waals surface area contributed by atoms with Crippen molar-refractivity contribution in [1.82, 2.24) is 14.8 Å². The van der Waals surface area contributed by atoms with Crippen molar-refractivity contribution in [1.29, 1.82) is 0 Å². The van der Waals surface area contributed by atoms with E-state index in [0.29, 0.717) is 98.8 Å². The average Bonchev–Trinajstić information content (AvgIpc) is 3.02. The number of hydrogen-bond acceptors (Lipinski definition) is 7. The first-order chi connectivity index (χ1) is 21.7. The maximum Gasteiger partial charge on any atom is 0.303 e. The quantitative estimate of drug-likeness (QED) is 0.163. The smallest absolute Gasteiger partial charge is 0.303 e. The summed E-state index contributed by atoms with van der Waals surface area (Å²) in [4.78, 5) is 20.7. The van der Waals surface area contributed by atoms with Gasteiger partial charge in [-0.05, 0) is 68.0 Å². The van der Waals surface area contributed by atoms with Crippen LogP contribution in [0.25, 0.3) is 10.9 Å². The summed E-state index contributed by atoms with van der Waals surface area (Å²) in [6.45, 7) is 5.00. The zero-order chi connectivity index (χ0) is 32.0. The van der Waals surface area contributed by atoms with Crippen molar-refractivity contribution in [3.63, 3.8) is 0 Å². The lowest BCUT2D eigenvalue weighted by Gasteiger charge is -2.41. The lowest BCUT2D eigenvalue weighted by atomic mass is 9.71. The van der Waals surface area contributed by atoms with Crippen LogP contribution in [-0.4, -0.2) is 84.7 Å². The Morgan fingerprint density at radius 3 is 2.47 bits per heavy atom. The zero-order valence-electron chi connectivity index (χ0n) is 25.4. The molecule has 1 atom stereocenters. The predicted molar refractivity (Wildman–Crippen MR) is 165 cm³/mol. The fraction of sp³-hybridized carbons (Fsp3) is 0.515. The standard InChI is InChI=1S/C33H39F4N3O4S/c1-43-24-2-3-29-25(18-24)31(22(20-38-29)21-40-10-13-44-14-11-40)26(35)4-5-33(19-30(41)42)6-8-39(9-7-33)12-15-45-32-27(36)16-23(34)17-28(32)37/h2-3,16-18,20,26H,4-15,19,21H2,1H3,(H,41,42)/t26-/m1/s1. The Bertz CT molecular complexity index is 1460. The Kier molecular flexibility index (Phi) is 11.2. The van der Waals surface area contributed by atoms with E-state index in [0.717, 1.165) is 30.4 Å². The van der Waals surface area contributed by atoms with Gasteiger partial charge in [-0.25, -0.2) is 17.6 Å². The van der Waals surface area contributed by atoms with Gasteiger partial charge in [-0.3, -0.25) is 14.7 Å². The van der Waals surface area contributed by atoms with Gasteiger partial charge in [0.2, 0.25) is 0 Å². The first kappa shape index (κ1) is 33.4. The molecule has 0 spiro atoms. The van der Waals surface area contributed by atoms with E-state index >= 15 is 4.39 Å². The number of methoxy groups -OCH3 is 1. The molecule has 0 radical (unpaired) electrons. The predicted octanol–water partition coefficient (Wildman–Crippen LogP) is 6.63. The number of fused-ring (bicyclic) bond motifs is 1. The summed E-state index contributed by atoms with van der Waals surface area (Å²) in [6, 6.07) is 6.78. The number of aliphatic carboxylic acids is 1. The molecule has 2 aliphatic rings. The third-order valence-electron chi connectivity index (χ3n) is 9.00. The number of hydrogen-bond donors (Lipinski definition) is 1. The molecule has 2 aliphatic heterocycles. The van der Waals surface area contributed by atoms with Crippen LogP contribution in [0.4, 0.5) is 17.6 Å². The highest BCUT2D eigenvalue weighted by Gasteiger charge is 2.37. The molecule has 3 heterocycles. The van der Waals surface area contributed by atoms with Crippen LogP contribution in [-0.2, 0) is 16.1 Å². The highest BCUT2D eigenvalue weighted by molar-refractivity contribution is 7.99. The molecular weight excluding hydrogens is 610 g/mol. The lowest BCUT2D eigenvalue weighted by molar-refractivity contribution is -0.141. The fourth-order valence-corrected chi connectivity index (χ4v) is 7.41. The Balaban J connectivity index is 1.27. The monoisotopic (exact) mass is 649 g/mol. The summed E-state index contributed by atoms with van der Waals surface area (Å²) >= 11 is 0.989. The van der Waals surface area contributed by atoms with Crippen LogP contribution in [0.15, 0.2) is 41.4 Å². The molecule has 2 aromatic carbocycles. The number of benzene rings is 2. The molecule has 1 aromatic heterocycles. The third kappa shape index (κ3) is 8.46. The van der Waals surface area contributed by atoms with Crippen molar-refractivity contribution >= 4 is 28.6 Å². The second-order valence-corrected chi connectivity index (χ2v) is 13.0. The van der Waals surface area contributed by atoms with Crippen molar-refractivity contribution < 1.29 is 36.9 Å². The van der Waals surface area contributed by atoms with Gasteiger partial charge >= 0.3 is 5.97 Å². The van der Waals surface area contributed by atoms with Crippen molar-refractivity contribution in [3.05, 3.63) is 65.1 Å². The Morgan fingerprint density at radius 2 is 1.80 bits per heavy atom. The highest BCUT2D eigenvalue weighted by Crippen LogP contribution is 2.44. The molecule has 5 rings (SSSR count). The molecule has 1 N–H and O–H groups in total. The van der Waals surface area contributed by atoms with Crippen LogP contribution >= 0.6 is 11.8 Å². The minimum Gasteiger partial charge on any atom is -0.497 e. The lowest BCUT2D eigenvalue weighted by Crippen LogP contribution is -2.42. The van der Waals surface area contributed by atoms with Gasteiger partial charge in [0, 0.05) is 61.2 Å². The van der Waals surface area contributed by atoms with Gasteiger partial charge in [0.15, 0.2) is 0 Å². The van der Waals surface area contributed by atoms with E-state index in [1.165, 1.54) is 0 Å². The number of carboxylic acid groups (broad SMARTS) is 1. The molecule has 0 saturated carbocycles. The van der Waals surface area contributed by atoms with Crippen LogP contribution < -0.4 is 4.74 Å². The second kappa shape index (κ2) is 15.1. The van der Waals surface area contributed by atoms with Crippen LogP contribution in [0.5, 0.6) is 5.75 Å². The molecular formula is C33H39F4N3O4S. The zero-order valence-corrected chi connectivity index (χ0v) is 26.2. The summed E-state index contributed by atoms with van der Waals surface area (Å²) in [5.74, 6) is -2.72. The number of piperidine rings is 1. The molecule has 12 heteroatoms. The van der Waals surface area contributed by atoms with Gasteiger partial charge in [0.1, 0.15) is 29.4 Å². The van der Waals surface area contributed by atoms with Gasteiger partial charge in [0.25, 0.3) is 0 Å². The fourth-order valence-electron chi connectivity index (χ4n) is 6.46. The topological polar surface area (TPSA) is 75.1 Å². The number of rotatable bonds is 13. The van der Waals surface area contributed by atoms with Crippen LogP contribution in [0.1, 0.15) is 49.4 Å². The van der Waals surface area contributed by atoms with Crippen LogP contribution in [0, 0.1) is 22.9 Å². The molecule has 7 nitrogen and oxygen atoms in total. The van der Waals surface area contributed by atoms with Gasteiger partial charge in [-0.1, -0.05) is 0 Å². The number of nitrogens with zero attached hydrogens (tertiary/aromatic N) is 3. The number of aromatic nitrogens is 1. The third-order valence-corrected chi connectivity index (χ3v) is 10.1. The molecule has 2 fully saturated rings. The summed E-state index contributed by atoms with van der Waals surface area (Å²) in [7, 11) is 1.57. The first-order valence-electron chi connectivity index (χ1n) is 15.3. The Morgan fingerprint density at radius 1 is 1.09 bits per heavy atom. The SMILES string of the molecule is COc1ccc2ncc(CN3CCOCC3)c([C@H](F)CCC3(CC(=O)O)CCN(CCSc4c(F)cc(F)cc4F)CC3)c2c1. The number of likely N-dealkylation sites (tertiary alicyclic amines) is 1. The van der Waals surface area contributed by atoms with Gasteiger partial charge in [0.05, 0.1) is 37.2 Å². The highest BCUT2D eigenvalue weighted by atomic mass is 32.2. The van der Waals surface area contributed by atoms with E-state index < -0.39 is 35.0 Å². The minimum atomic E-state index is -1.33. The molecule has 45 heavy (non-hydrogen) atoms. The van der Waals surface area contributed by atoms with E-state index in [-0.39, 0.29) is 17.7 Å². The maximum absolute atomic E-state index is 16.5. The number of pyridine rings is 1. The Labute approximate surface area is 264 Å². The molecule has 0 aliphatic carbocycles. The molecule has 3 aromatic rings. The summed E-state index contributed by atoms with van der Waals surface area (Å²) < 4.78 is 68.7. The molecule has 0 bridgehead atoms. The molecule has 244 valence electrons. The Hall–Kier alpha value is -2.93. The largest absolute Gasteiger partial charge is 0.497 e. The summed E-state index contributed by atoms with van der Waals surface area (Å²) in [5.41, 5.74) is 1.48. The van der Waals surface area contributed by atoms with Crippen LogP contribution in [0.2, 0.25) is 0 Å². The van der Waals surface area contributed by atoms with Crippen molar-refractivity contribution in [2.24, 2.45) is 5.41 Å². The van der Waals surface area contributed by atoms with E-state index in [1.54, 1.807) is 19.4 Å². The van der Waals surface area contributed by atoms with E-state index in [2.05, 4.69) is 14.8 Å². The number of thioether (sulfide) groups is 1. The molecule has 0 amide bonds. The minimum absolute atomic E-state index is 0.0557. The second-order valence-electron chi connectivity index (χ2n) is 11.9. The van der Waals surface area contributed by atoms with Gasteiger partial charge in [-0.15, -0.1) is 11.8 Å². The number of morpholine rings is 1. The van der Waals surface area contributed by atoms with Crippen LogP contribution in [0.3, 0.4) is 0 Å². The normalized spacial score (nSPS) is 18.2. The summed E-state index contributed by atoms with van der Waals surface area (Å²) in [5, 5.41) is 10.5. The molecule has 0 unspecified atom stereocenters. The first-order valence-corrected chi connectivity index (χ1v) is 16.3. The number of alkyl halides is 1. The number of ether oxygens (including phenoxy) is 2. The number of carboxylic acids is 1. The van der Waals surface area contributed by atoms with Crippen molar-refractivity contribution in [2.45, 2.75) is 49.7 Å². The van der Waals surface area contributed by atoms with Crippen molar-refractivity contribution in [3.8, 4) is 5.75 Å². The average molecular weight is 650 g/mol. The molecule has 2 saturated heterocycles. The number of carbonyl (C=O) groups is 1. The van der Waals surface area contributed by atoms with E-state index in [9.17, 15) is 23.1 Å². The number of halogens is 4.